The Kier molecular flexibility index (Phi) is 3.28. The largest absolute Gasteiger partial charge is 0.550 e. The zero-order valence-electron chi connectivity index (χ0n) is 7.78. The number of hydrogen-bond acceptors (Lipinski definition) is 3. The van der Waals surface area contributed by atoms with Gasteiger partial charge < -0.3 is 14.8 Å². The molecule has 1 aliphatic rings. The highest BCUT2D eigenvalue weighted by Gasteiger charge is 2.20. The van der Waals surface area contributed by atoms with Gasteiger partial charge in [0.15, 0.2) is 0 Å². The van der Waals surface area contributed by atoms with Crippen LogP contribution < -0.4 is 5.11 Å². The summed E-state index contributed by atoms with van der Waals surface area (Å²) in [6, 6.07) is 0. The van der Waals surface area contributed by atoms with E-state index in [2.05, 4.69) is 0 Å². The van der Waals surface area contributed by atoms with E-state index in [0.29, 0.717) is 13.1 Å². The van der Waals surface area contributed by atoms with Crippen LogP contribution in [0.1, 0.15) is 26.2 Å². The van der Waals surface area contributed by atoms with E-state index in [9.17, 15) is 14.7 Å². The normalized spacial score (nSPS) is 18.7. The molecule has 0 saturated carbocycles. The molecule has 13 heavy (non-hydrogen) atoms. The molecule has 0 atom stereocenters. The number of rotatable bonds is 2. The molecule has 0 unspecified atom stereocenters. The molecule has 0 spiro atoms. The molecule has 1 fully saturated rings. The minimum Gasteiger partial charge on any atom is -0.550 e. The molecule has 1 amide bonds. The molecule has 0 bridgehead atoms. The average Bonchev–Trinajstić information content (AvgIpc) is 2.04. The van der Waals surface area contributed by atoms with E-state index in [1.54, 1.807) is 11.8 Å². The summed E-state index contributed by atoms with van der Waals surface area (Å²) < 4.78 is 0. The van der Waals surface area contributed by atoms with Crippen molar-refractivity contribution in [3.8, 4) is 0 Å². The number of amides is 1. The quantitative estimate of drug-likeness (QED) is 0.575. The third-order valence-corrected chi connectivity index (χ3v) is 2.52. The summed E-state index contributed by atoms with van der Waals surface area (Å²) in [4.78, 5) is 23.0. The molecular formula is C9H14NO3-. The summed E-state index contributed by atoms with van der Waals surface area (Å²) in [6.07, 6.45) is 1.70. The van der Waals surface area contributed by atoms with Gasteiger partial charge in [0.1, 0.15) is 0 Å². The molecular weight excluding hydrogens is 170 g/mol. The van der Waals surface area contributed by atoms with Crippen molar-refractivity contribution in [1.82, 2.24) is 4.90 Å². The predicted molar refractivity (Wildman–Crippen MR) is 44.6 cm³/mol. The molecule has 0 aromatic rings. The van der Waals surface area contributed by atoms with Gasteiger partial charge in [0.05, 0.1) is 0 Å². The van der Waals surface area contributed by atoms with Gasteiger partial charge in [0.2, 0.25) is 5.91 Å². The first-order valence-electron chi connectivity index (χ1n) is 4.55. The van der Waals surface area contributed by atoms with Gasteiger partial charge in [-0.05, 0) is 25.2 Å². The van der Waals surface area contributed by atoms with E-state index in [1.165, 1.54) is 0 Å². The number of piperidine rings is 1. The molecule has 1 heterocycles. The first-order chi connectivity index (χ1) is 6.09. The first kappa shape index (κ1) is 10.0. The van der Waals surface area contributed by atoms with Crippen LogP contribution in [0.25, 0.3) is 0 Å². The van der Waals surface area contributed by atoms with Crippen LogP contribution in [0.4, 0.5) is 0 Å². The number of hydrogen-bond donors (Lipinski definition) is 0. The average molecular weight is 184 g/mol. The number of carboxylic acids is 1. The van der Waals surface area contributed by atoms with Gasteiger partial charge in [0, 0.05) is 26.0 Å². The second-order valence-electron chi connectivity index (χ2n) is 3.53. The summed E-state index contributed by atoms with van der Waals surface area (Å²) in [5.74, 6) is -0.714. The topological polar surface area (TPSA) is 60.4 Å². The molecule has 0 radical (unpaired) electrons. The summed E-state index contributed by atoms with van der Waals surface area (Å²) in [5, 5.41) is 10.3. The maximum absolute atomic E-state index is 10.9. The molecule has 1 aliphatic heterocycles. The van der Waals surface area contributed by atoms with Crippen LogP contribution in [-0.2, 0) is 9.59 Å². The van der Waals surface area contributed by atoms with E-state index in [0.717, 1.165) is 12.8 Å². The molecule has 0 aromatic heterocycles. The molecule has 1 rings (SSSR count). The third-order valence-electron chi connectivity index (χ3n) is 2.52. The van der Waals surface area contributed by atoms with E-state index in [-0.39, 0.29) is 18.2 Å². The van der Waals surface area contributed by atoms with Crippen LogP contribution in [0.15, 0.2) is 0 Å². The van der Waals surface area contributed by atoms with E-state index < -0.39 is 5.97 Å². The summed E-state index contributed by atoms with van der Waals surface area (Å²) >= 11 is 0. The van der Waals surface area contributed by atoms with Crippen molar-refractivity contribution in [3.05, 3.63) is 0 Å². The summed E-state index contributed by atoms with van der Waals surface area (Å²) in [6.45, 7) is 2.92. The van der Waals surface area contributed by atoms with Crippen molar-refractivity contribution in [3.63, 3.8) is 0 Å². The second kappa shape index (κ2) is 4.25. The molecule has 74 valence electrons. The van der Waals surface area contributed by atoms with Gasteiger partial charge in [-0.1, -0.05) is 0 Å². The predicted octanol–water partition coefficient (Wildman–Crippen LogP) is -0.615. The van der Waals surface area contributed by atoms with Gasteiger partial charge in [-0.2, -0.15) is 0 Å². The van der Waals surface area contributed by atoms with Gasteiger partial charge in [0.25, 0.3) is 0 Å². The number of carbonyl (C=O) groups is 2. The van der Waals surface area contributed by atoms with Crippen molar-refractivity contribution in [1.29, 1.82) is 0 Å². The fourth-order valence-electron chi connectivity index (χ4n) is 1.69. The van der Waals surface area contributed by atoms with E-state index >= 15 is 0 Å². The molecule has 4 heteroatoms. The second-order valence-corrected chi connectivity index (χ2v) is 3.53. The van der Waals surface area contributed by atoms with Crippen LogP contribution in [0.2, 0.25) is 0 Å². The van der Waals surface area contributed by atoms with Crippen molar-refractivity contribution in [2.75, 3.05) is 13.1 Å². The van der Waals surface area contributed by atoms with Crippen LogP contribution in [-0.4, -0.2) is 29.9 Å². The van der Waals surface area contributed by atoms with E-state index in [4.69, 9.17) is 0 Å². The highest BCUT2D eigenvalue weighted by molar-refractivity contribution is 5.73. The lowest BCUT2D eigenvalue weighted by molar-refractivity contribution is -0.307. The number of aliphatic carboxylic acids is 1. The lowest BCUT2D eigenvalue weighted by Gasteiger charge is -2.31. The lowest BCUT2D eigenvalue weighted by atomic mass is 9.94. The van der Waals surface area contributed by atoms with Crippen molar-refractivity contribution in [2.24, 2.45) is 5.92 Å². The molecule has 4 nitrogen and oxygen atoms in total. The minimum atomic E-state index is -0.985. The zero-order chi connectivity index (χ0) is 9.84. The van der Waals surface area contributed by atoms with Crippen LogP contribution in [0.3, 0.4) is 0 Å². The molecule has 0 aliphatic carbocycles. The Morgan fingerprint density at radius 3 is 2.31 bits per heavy atom. The van der Waals surface area contributed by atoms with Gasteiger partial charge in [-0.25, -0.2) is 0 Å². The molecule has 0 aromatic carbocycles. The zero-order valence-corrected chi connectivity index (χ0v) is 7.78. The Hall–Kier alpha value is -1.06. The fourth-order valence-corrected chi connectivity index (χ4v) is 1.69. The monoisotopic (exact) mass is 184 g/mol. The standard InChI is InChI=1S/C9H15NO3/c1-7(11)10-4-2-8(3-5-10)6-9(12)13/h8H,2-6H2,1H3,(H,12,13)/p-1. The number of likely N-dealkylation sites (tertiary alicyclic amines) is 1. The Balaban J connectivity index is 2.30. The maximum atomic E-state index is 10.9. The summed E-state index contributed by atoms with van der Waals surface area (Å²) in [7, 11) is 0. The summed E-state index contributed by atoms with van der Waals surface area (Å²) in [5.41, 5.74) is 0. The van der Waals surface area contributed by atoms with Crippen LogP contribution in [0, 0.1) is 5.92 Å². The number of carboxylic acid groups (broad SMARTS) is 1. The first-order valence-corrected chi connectivity index (χ1v) is 4.55. The van der Waals surface area contributed by atoms with Gasteiger partial charge in [-0.3, -0.25) is 4.79 Å². The van der Waals surface area contributed by atoms with Gasteiger partial charge >= 0.3 is 0 Å². The molecule has 0 N–H and O–H groups in total. The number of carbonyl (C=O) groups excluding carboxylic acids is 2. The minimum absolute atomic E-state index is 0.0758. The highest BCUT2D eigenvalue weighted by atomic mass is 16.4. The van der Waals surface area contributed by atoms with Crippen molar-refractivity contribution < 1.29 is 14.7 Å². The van der Waals surface area contributed by atoms with Gasteiger partial charge in [-0.15, -0.1) is 0 Å². The smallest absolute Gasteiger partial charge is 0.219 e. The third kappa shape index (κ3) is 3.05. The maximum Gasteiger partial charge on any atom is 0.219 e. The van der Waals surface area contributed by atoms with Crippen molar-refractivity contribution in [2.45, 2.75) is 26.2 Å². The Morgan fingerprint density at radius 2 is 1.92 bits per heavy atom. The Morgan fingerprint density at radius 1 is 1.38 bits per heavy atom. The van der Waals surface area contributed by atoms with Crippen LogP contribution in [0.5, 0.6) is 0 Å². The fraction of sp³-hybridized carbons (Fsp3) is 0.778. The number of nitrogens with zero attached hydrogens (tertiary/aromatic N) is 1. The van der Waals surface area contributed by atoms with E-state index in [1.807, 2.05) is 0 Å². The Labute approximate surface area is 77.5 Å². The molecule has 1 saturated heterocycles. The van der Waals surface area contributed by atoms with Crippen LogP contribution >= 0.6 is 0 Å². The SMILES string of the molecule is CC(=O)N1CCC(CC(=O)[O-])CC1. The Bertz CT molecular complexity index is 207. The van der Waals surface area contributed by atoms with Crippen molar-refractivity contribution >= 4 is 11.9 Å². The lowest BCUT2D eigenvalue weighted by Crippen LogP contribution is -2.38. The highest BCUT2D eigenvalue weighted by Crippen LogP contribution is 2.19.